The van der Waals surface area contributed by atoms with Crippen LogP contribution in [0, 0.1) is 11.6 Å². The number of benzene rings is 1. The third-order valence-electron chi connectivity index (χ3n) is 2.54. The first-order chi connectivity index (χ1) is 7.68. The van der Waals surface area contributed by atoms with Gasteiger partial charge in [-0.1, -0.05) is 42.5 Å². The molecular formula is C13H13NOS. The molecule has 2 rings (SSSR count). The van der Waals surface area contributed by atoms with E-state index in [4.69, 9.17) is 12.2 Å². The molecule has 0 saturated carbocycles. The van der Waals surface area contributed by atoms with E-state index in [0.29, 0.717) is 4.64 Å². The third-order valence-corrected chi connectivity index (χ3v) is 2.98. The Labute approximate surface area is 99.6 Å². The van der Waals surface area contributed by atoms with Crippen LogP contribution in [0.15, 0.2) is 42.6 Å². The van der Waals surface area contributed by atoms with Crippen LogP contribution in [0.5, 0.6) is 0 Å². The Morgan fingerprint density at radius 1 is 1.19 bits per heavy atom. The molecule has 2 nitrogen and oxygen atoms in total. The first-order valence-corrected chi connectivity index (χ1v) is 5.51. The Morgan fingerprint density at radius 3 is 2.50 bits per heavy atom. The Hall–Kier alpha value is -1.45. The molecule has 2 aromatic rings. The number of hydrogen-bond acceptors (Lipinski definition) is 2. The van der Waals surface area contributed by atoms with Crippen molar-refractivity contribution in [2.45, 2.75) is 13.0 Å². The normalized spacial score (nSPS) is 12.4. The average Bonchev–Trinajstić information content (AvgIpc) is 2.33. The van der Waals surface area contributed by atoms with Gasteiger partial charge in [0.05, 0.1) is 0 Å². The average molecular weight is 231 g/mol. The van der Waals surface area contributed by atoms with Crippen molar-refractivity contribution in [3.05, 3.63) is 63.9 Å². The van der Waals surface area contributed by atoms with Gasteiger partial charge >= 0.3 is 0 Å². The summed E-state index contributed by atoms with van der Waals surface area (Å²) in [5, 5.41) is 10.2. The molecule has 0 fully saturated rings. The number of aliphatic hydroxyl groups is 1. The third kappa shape index (κ3) is 2.21. The zero-order chi connectivity index (χ0) is 11.5. The summed E-state index contributed by atoms with van der Waals surface area (Å²) in [7, 11) is 0. The maximum absolute atomic E-state index is 10.2. The lowest BCUT2D eigenvalue weighted by Crippen LogP contribution is -2.00. The zero-order valence-electron chi connectivity index (χ0n) is 8.97. The van der Waals surface area contributed by atoms with Gasteiger partial charge < -0.3 is 10.1 Å². The molecular weight excluding hydrogens is 218 g/mol. The number of nitrogens with one attached hydrogen (secondary N) is 1. The van der Waals surface area contributed by atoms with Crippen LogP contribution in [0.4, 0.5) is 0 Å². The standard InChI is InChI=1S/C13H13NOS/c1-9-7-11(8-14-13(9)16)12(15)10-5-3-2-4-6-10/h2-8,12,15H,1H3,(H,14,16). The van der Waals surface area contributed by atoms with Crippen LogP contribution in [0.25, 0.3) is 0 Å². The van der Waals surface area contributed by atoms with Gasteiger partial charge in [0.15, 0.2) is 0 Å². The number of aromatic nitrogens is 1. The molecule has 3 heteroatoms. The second-order valence-corrected chi connectivity index (χ2v) is 4.17. The van der Waals surface area contributed by atoms with E-state index in [0.717, 1.165) is 16.7 Å². The topological polar surface area (TPSA) is 36.0 Å². The van der Waals surface area contributed by atoms with Crippen LogP contribution < -0.4 is 0 Å². The number of aryl methyl sites for hydroxylation is 1. The van der Waals surface area contributed by atoms with Gasteiger partial charge in [-0.3, -0.25) is 0 Å². The molecule has 16 heavy (non-hydrogen) atoms. The minimum absolute atomic E-state index is 0.605. The second-order valence-electron chi connectivity index (χ2n) is 3.76. The van der Waals surface area contributed by atoms with Crippen LogP contribution in [0.1, 0.15) is 22.8 Å². The van der Waals surface area contributed by atoms with Crippen LogP contribution in [0.2, 0.25) is 0 Å². The van der Waals surface area contributed by atoms with E-state index in [-0.39, 0.29) is 0 Å². The molecule has 0 saturated heterocycles. The Bertz CT molecular complexity index is 533. The van der Waals surface area contributed by atoms with Gasteiger partial charge in [0.2, 0.25) is 0 Å². The molecule has 1 aromatic carbocycles. The van der Waals surface area contributed by atoms with Crippen LogP contribution in [-0.4, -0.2) is 10.1 Å². The number of aromatic amines is 1. The van der Waals surface area contributed by atoms with Crippen molar-refractivity contribution in [3.63, 3.8) is 0 Å². The molecule has 0 aliphatic heterocycles. The fraction of sp³-hybridized carbons (Fsp3) is 0.154. The summed E-state index contributed by atoms with van der Waals surface area (Å²) in [5.74, 6) is 0. The fourth-order valence-corrected chi connectivity index (χ4v) is 1.72. The van der Waals surface area contributed by atoms with Gasteiger partial charge in [0, 0.05) is 11.8 Å². The molecule has 1 heterocycles. The van der Waals surface area contributed by atoms with Crippen molar-refractivity contribution in [3.8, 4) is 0 Å². The van der Waals surface area contributed by atoms with E-state index in [2.05, 4.69) is 4.98 Å². The van der Waals surface area contributed by atoms with E-state index in [9.17, 15) is 5.11 Å². The second kappa shape index (κ2) is 4.60. The first-order valence-electron chi connectivity index (χ1n) is 5.11. The summed E-state index contributed by atoms with van der Waals surface area (Å²) >= 11 is 5.08. The van der Waals surface area contributed by atoms with E-state index in [1.165, 1.54) is 0 Å². The molecule has 1 atom stereocenters. The maximum atomic E-state index is 10.2. The smallest absolute Gasteiger partial charge is 0.106 e. The van der Waals surface area contributed by atoms with Gasteiger partial charge in [0.1, 0.15) is 10.7 Å². The quantitative estimate of drug-likeness (QED) is 0.779. The van der Waals surface area contributed by atoms with Gasteiger partial charge in [-0.15, -0.1) is 0 Å². The monoisotopic (exact) mass is 231 g/mol. The molecule has 0 amide bonds. The van der Waals surface area contributed by atoms with E-state index in [1.807, 2.05) is 43.3 Å². The maximum Gasteiger partial charge on any atom is 0.106 e. The number of pyridine rings is 1. The van der Waals surface area contributed by atoms with Gasteiger partial charge in [-0.25, -0.2) is 0 Å². The molecule has 2 N–H and O–H groups in total. The van der Waals surface area contributed by atoms with Crippen LogP contribution in [-0.2, 0) is 0 Å². The summed E-state index contributed by atoms with van der Waals surface area (Å²) < 4.78 is 0.712. The summed E-state index contributed by atoms with van der Waals surface area (Å²) in [5.41, 5.74) is 2.69. The predicted octanol–water partition coefficient (Wildman–Crippen LogP) is 3.13. The summed E-state index contributed by atoms with van der Waals surface area (Å²) in [6.45, 7) is 1.93. The molecule has 0 radical (unpaired) electrons. The minimum Gasteiger partial charge on any atom is -0.384 e. The molecule has 0 spiro atoms. The Morgan fingerprint density at radius 2 is 1.88 bits per heavy atom. The Kier molecular flexibility index (Phi) is 3.17. The highest BCUT2D eigenvalue weighted by molar-refractivity contribution is 7.71. The highest BCUT2D eigenvalue weighted by atomic mass is 32.1. The molecule has 0 aliphatic carbocycles. The Balaban J connectivity index is 2.38. The van der Waals surface area contributed by atoms with Crippen molar-refractivity contribution >= 4 is 12.2 Å². The highest BCUT2D eigenvalue weighted by Gasteiger charge is 2.09. The zero-order valence-corrected chi connectivity index (χ0v) is 9.79. The van der Waals surface area contributed by atoms with Crippen LogP contribution >= 0.6 is 12.2 Å². The number of aliphatic hydroxyl groups excluding tert-OH is 1. The summed E-state index contributed by atoms with van der Waals surface area (Å²) in [4.78, 5) is 2.97. The van der Waals surface area contributed by atoms with Crippen molar-refractivity contribution in [2.75, 3.05) is 0 Å². The number of hydrogen-bond donors (Lipinski definition) is 2. The fourth-order valence-electron chi connectivity index (χ4n) is 1.61. The van der Waals surface area contributed by atoms with Gasteiger partial charge in [-0.2, -0.15) is 0 Å². The van der Waals surface area contributed by atoms with Crippen molar-refractivity contribution in [2.24, 2.45) is 0 Å². The van der Waals surface area contributed by atoms with Crippen LogP contribution in [0.3, 0.4) is 0 Å². The van der Waals surface area contributed by atoms with E-state index >= 15 is 0 Å². The van der Waals surface area contributed by atoms with Gasteiger partial charge in [0.25, 0.3) is 0 Å². The SMILES string of the molecule is Cc1cc(C(O)c2ccccc2)c[nH]c1=S. The highest BCUT2D eigenvalue weighted by Crippen LogP contribution is 2.21. The largest absolute Gasteiger partial charge is 0.384 e. The predicted molar refractivity (Wildman–Crippen MR) is 66.9 cm³/mol. The lowest BCUT2D eigenvalue weighted by atomic mass is 10.0. The lowest BCUT2D eigenvalue weighted by molar-refractivity contribution is 0.220. The molecule has 1 unspecified atom stereocenters. The number of rotatable bonds is 2. The van der Waals surface area contributed by atoms with Gasteiger partial charge in [-0.05, 0) is 24.1 Å². The summed E-state index contributed by atoms with van der Waals surface area (Å²) in [6, 6.07) is 11.5. The lowest BCUT2D eigenvalue weighted by Gasteiger charge is -2.11. The number of H-pyrrole nitrogens is 1. The summed E-state index contributed by atoms with van der Waals surface area (Å²) in [6.07, 6.45) is 1.15. The molecule has 1 aromatic heterocycles. The van der Waals surface area contributed by atoms with E-state index < -0.39 is 6.10 Å². The van der Waals surface area contributed by atoms with Crippen molar-refractivity contribution in [1.82, 2.24) is 4.98 Å². The molecule has 82 valence electrons. The minimum atomic E-state index is -0.605. The first kappa shape index (κ1) is 11.0. The van der Waals surface area contributed by atoms with E-state index in [1.54, 1.807) is 6.20 Å². The molecule has 0 bridgehead atoms. The van der Waals surface area contributed by atoms with Crippen molar-refractivity contribution < 1.29 is 5.11 Å². The van der Waals surface area contributed by atoms with Crippen molar-refractivity contribution in [1.29, 1.82) is 0 Å². The molecule has 0 aliphatic rings.